The van der Waals surface area contributed by atoms with E-state index in [1.807, 2.05) is 26.0 Å². The van der Waals surface area contributed by atoms with E-state index >= 15 is 0 Å². The van der Waals surface area contributed by atoms with Gasteiger partial charge in [-0.2, -0.15) is 0 Å². The van der Waals surface area contributed by atoms with Crippen molar-refractivity contribution in [2.75, 3.05) is 13.2 Å². The Labute approximate surface area is 132 Å². The van der Waals surface area contributed by atoms with Gasteiger partial charge in [0.25, 0.3) is 0 Å². The predicted molar refractivity (Wildman–Crippen MR) is 85.8 cm³/mol. The summed E-state index contributed by atoms with van der Waals surface area (Å²) in [5, 5.41) is 0.739. The lowest BCUT2D eigenvalue weighted by Gasteiger charge is -2.17. The summed E-state index contributed by atoms with van der Waals surface area (Å²) >= 11 is 6.43. The van der Waals surface area contributed by atoms with E-state index in [2.05, 4.69) is 13.8 Å². The normalized spacial score (nSPS) is 22.0. The molecule has 118 valence electrons. The van der Waals surface area contributed by atoms with E-state index in [-0.39, 0.29) is 0 Å². The predicted octanol–water partition coefficient (Wildman–Crippen LogP) is 4.81. The van der Waals surface area contributed by atoms with E-state index in [0.29, 0.717) is 31.3 Å². The lowest BCUT2D eigenvalue weighted by Crippen LogP contribution is -2.04. The first kappa shape index (κ1) is 16.4. The van der Waals surface area contributed by atoms with Crippen LogP contribution < -0.4 is 9.47 Å². The van der Waals surface area contributed by atoms with Gasteiger partial charge < -0.3 is 14.2 Å². The van der Waals surface area contributed by atoms with E-state index in [0.717, 1.165) is 34.9 Å². The van der Waals surface area contributed by atoms with Crippen LogP contribution in [0.15, 0.2) is 12.1 Å². The number of rotatable bonds is 8. The molecule has 3 unspecified atom stereocenters. The highest BCUT2D eigenvalue weighted by Gasteiger charge is 2.38. The van der Waals surface area contributed by atoms with Crippen LogP contribution in [0.5, 0.6) is 11.5 Å². The third-order valence-electron chi connectivity index (χ3n) is 3.87. The minimum absolute atomic E-state index is 0.342. The summed E-state index contributed by atoms with van der Waals surface area (Å²) < 4.78 is 16.9. The third-order valence-corrected chi connectivity index (χ3v) is 4.20. The SMILES string of the molecule is CCOc1cc(Cl)c(C(C)CC2OC2CC)cc1OCC. The Morgan fingerprint density at radius 1 is 1.10 bits per heavy atom. The summed E-state index contributed by atoms with van der Waals surface area (Å²) in [4.78, 5) is 0. The molecule has 1 fully saturated rings. The molecule has 2 rings (SSSR count). The summed E-state index contributed by atoms with van der Waals surface area (Å²) in [5.74, 6) is 1.83. The summed E-state index contributed by atoms with van der Waals surface area (Å²) in [6, 6.07) is 3.89. The van der Waals surface area contributed by atoms with Crippen LogP contribution in [0.4, 0.5) is 0 Å². The number of ether oxygens (including phenoxy) is 3. The van der Waals surface area contributed by atoms with Gasteiger partial charge in [0, 0.05) is 11.1 Å². The molecule has 0 radical (unpaired) electrons. The Kier molecular flexibility index (Phi) is 5.77. The van der Waals surface area contributed by atoms with E-state index in [1.165, 1.54) is 0 Å². The first-order valence-corrected chi connectivity index (χ1v) is 8.22. The quantitative estimate of drug-likeness (QED) is 0.645. The summed E-state index contributed by atoms with van der Waals surface area (Å²) in [6.45, 7) is 9.48. The van der Waals surface area contributed by atoms with Crippen LogP contribution >= 0.6 is 11.6 Å². The van der Waals surface area contributed by atoms with Crippen molar-refractivity contribution in [2.45, 2.75) is 58.7 Å². The fourth-order valence-corrected chi connectivity index (χ4v) is 3.03. The Bertz CT molecular complexity index is 475. The molecule has 0 N–H and O–H groups in total. The first-order chi connectivity index (χ1) is 10.1. The lowest BCUT2D eigenvalue weighted by molar-refractivity contribution is 0.287. The van der Waals surface area contributed by atoms with Crippen molar-refractivity contribution in [2.24, 2.45) is 0 Å². The highest BCUT2D eigenvalue weighted by Crippen LogP contribution is 2.41. The number of hydrogen-bond donors (Lipinski definition) is 0. The highest BCUT2D eigenvalue weighted by atomic mass is 35.5. The highest BCUT2D eigenvalue weighted by molar-refractivity contribution is 6.31. The molecule has 1 saturated heterocycles. The van der Waals surface area contributed by atoms with Crippen molar-refractivity contribution >= 4 is 11.6 Å². The fraction of sp³-hybridized carbons (Fsp3) is 0.647. The zero-order valence-corrected chi connectivity index (χ0v) is 14.1. The van der Waals surface area contributed by atoms with Crippen molar-refractivity contribution in [1.82, 2.24) is 0 Å². The molecule has 1 aliphatic rings. The molecule has 0 aliphatic carbocycles. The minimum atomic E-state index is 0.342. The van der Waals surface area contributed by atoms with Gasteiger partial charge in [-0.3, -0.25) is 0 Å². The second-order valence-corrected chi connectivity index (χ2v) is 5.85. The Balaban J connectivity index is 2.16. The summed E-state index contributed by atoms with van der Waals surface area (Å²) in [7, 11) is 0. The molecule has 0 saturated carbocycles. The van der Waals surface area contributed by atoms with Crippen LogP contribution in [0.25, 0.3) is 0 Å². The number of benzene rings is 1. The molecular weight excluding hydrogens is 288 g/mol. The van der Waals surface area contributed by atoms with Crippen LogP contribution in [-0.4, -0.2) is 25.4 Å². The van der Waals surface area contributed by atoms with Crippen molar-refractivity contribution in [3.63, 3.8) is 0 Å². The van der Waals surface area contributed by atoms with Gasteiger partial charge in [0.15, 0.2) is 11.5 Å². The molecule has 0 bridgehead atoms. The monoisotopic (exact) mass is 312 g/mol. The van der Waals surface area contributed by atoms with Gasteiger partial charge in [-0.05, 0) is 44.2 Å². The van der Waals surface area contributed by atoms with E-state index in [4.69, 9.17) is 25.8 Å². The average Bonchev–Trinajstić information content (AvgIpc) is 3.20. The van der Waals surface area contributed by atoms with E-state index in [9.17, 15) is 0 Å². The molecule has 4 heteroatoms. The van der Waals surface area contributed by atoms with Gasteiger partial charge in [-0.15, -0.1) is 0 Å². The summed E-state index contributed by atoms with van der Waals surface area (Å²) in [5.41, 5.74) is 1.11. The Morgan fingerprint density at radius 3 is 2.24 bits per heavy atom. The molecule has 0 aromatic heterocycles. The maximum absolute atomic E-state index is 6.43. The van der Waals surface area contributed by atoms with Crippen molar-refractivity contribution in [1.29, 1.82) is 0 Å². The van der Waals surface area contributed by atoms with Crippen LogP contribution in [0.1, 0.15) is 52.0 Å². The Hall–Kier alpha value is -0.930. The zero-order valence-electron chi connectivity index (χ0n) is 13.3. The third kappa shape index (κ3) is 4.04. The molecule has 3 nitrogen and oxygen atoms in total. The van der Waals surface area contributed by atoms with Crippen molar-refractivity contribution < 1.29 is 14.2 Å². The standard InChI is InChI=1S/C17H25ClO3/c1-5-14-17(21-14)8-11(4)12-9-15(19-6-2)16(20-7-3)10-13(12)18/h9-11,14,17H,5-8H2,1-4H3. The lowest BCUT2D eigenvalue weighted by atomic mass is 9.94. The molecule has 1 heterocycles. The molecule has 1 aromatic rings. The van der Waals surface area contributed by atoms with Gasteiger partial charge in [-0.1, -0.05) is 25.4 Å². The van der Waals surface area contributed by atoms with E-state index in [1.54, 1.807) is 0 Å². The van der Waals surface area contributed by atoms with Crippen LogP contribution in [0.3, 0.4) is 0 Å². The number of epoxide rings is 1. The van der Waals surface area contributed by atoms with Crippen molar-refractivity contribution in [3.05, 3.63) is 22.7 Å². The fourth-order valence-electron chi connectivity index (χ4n) is 2.69. The second kappa shape index (κ2) is 7.37. The number of halogens is 1. The smallest absolute Gasteiger partial charge is 0.162 e. The maximum Gasteiger partial charge on any atom is 0.162 e. The van der Waals surface area contributed by atoms with Gasteiger partial charge >= 0.3 is 0 Å². The Morgan fingerprint density at radius 2 is 1.71 bits per heavy atom. The van der Waals surface area contributed by atoms with Gasteiger partial charge in [0.2, 0.25) is 0 Å². The average molecular weight is 313 g/mol. The molecule has 0 spiro atoms. The van der Waals surface area contributed by atoms with Crippen LogP contribution in [-0.2, 0) is 4.74 Å². The number of hydrogen-bond acceptors (Lipinski definition) is 3. The molecule has 1 aliphatic heterocycles. The topological polar surface area (TPSA) is 31.0 Å². The zero-order chi connectivity index (χ0) is 15.4. The van der Waals surface area contributed by atoms with Gasteiger partial charge in [0.1, 0.15) is 0 Å². The second-order valence-electron chi connectivity index (χ2n) is 5.44. The maximum atomic E-state index is 6.43. The minimum Gasteiger partial charge on any atom is -0.490 e. The van der Waals surface area contributed by atoms with Gasteiger partial charge in [0.05, 0.1) is 25.4 Å². The summed E-state index contributed by atoms with van der Waals surface area (Å²) in [6.07, 6.45) is 2.89. The molecule has 0 amide bonds. The van der Waals surface area contributed by atoms with Gasteiger partial charge in [-0.25, -0.2) is 0 Å². The molecular formula is C17H25ClO3. The van der Waals surface area contributed by atoms with Crippen LogP contribution in [0, 0.1) is 0 Å². The largest absolute Gasteiger partial charge is 0.490 e. The van der Waals surface area contributed by atoms with Crippen LogP contribution in [0.2, 0.25) is 5.02 Å². The van der Waals surface area contributed by atoms with Crippen molar-refractivity contribution in [3.8, 4) is 11.5 Å². The molecule has 1 aromatic carbocycles. The van der Waals surface area contributed by atoms with E-state index < -0.39 is 0 Å². The first-order valence-electron chi connectivity index (χ1n) is 7.85. The molecule has 3 atom stereocenters. The molecule has 21 heavy (non-hydrogen) atoms.